The van der Waals surface area contributed by atoms with E-state index in [1.54, 1.807) is 0 Å². The molecular formula is C50H37N. The molecule has 0 radical (unpaired) electrons. The van der Waals surface area contributed by atoms with Gasteiger partial charge >= 0.3 is 0 Å². The van der Waals surface area contributed by atoms with Gasteiger partial charge in [0.05, 0.1) is 0 Å². The summed E-state index contributed by atoms with van der Waals surface area (Å²) in [5, 5.41) is 7.55. The highest BCUT2D eigenvalue weighted by Crippen LogP contribution is 2.50. The fourth-order valence-corrected chi connectivity index (χ4v) is 7.98. The number of anilines is 3. The van der Waals surface area contributed by atoms with Gasteiger partial charge in [0.25, 0.3) is 0 Å². The maximum Gasteiger partial charge on any atom is 0.0468 e. The molecule has 0 aliphatic heterocycles. The molecule has 9 aromatic rings. The Labute approximate surface area is 299 Å². The molecule has 0 aromatic heterocycles. The average Bonchev–Trinajstić information content (AvgIpc) is 3.18. The van der Waals surface area contributed by atoms with Crippen molar-refractivity contribution in [3.8, 4) is 33.4 Å². The van der Waals surface area contributed by atoms with E-state index in [0.29, 0.717) is 0 Å². The summed E-state index contributed by atoms with van der Waals surface area (Å²) in [6.45, 7) is 4.36. The van der Waals surface area contributed by atoms with Crippen LogP contribution in [0.3, 0.4) is 0 Å². The van der Waals surface area contributed by atoms with Crippen LogP contribution in [0.25, 0.3) is 65.7 Å². The molecule has 0 spiro atoms. The zero-order valence-corrected chi connectivity index (χ0v) is 28.8. The van der Waals surface area contributed by atoms with Crippen molar-refractivity contribution in [1.82, 2.24) is 0 Å². The molecule has 51 heavy (non-hydrogen) atoms. The summed E-state index contributed by atoms with van der Waals surface area (Å²) in [6, 6.07) is 68.7. The van der Waals surface area contributed by atoms with Crippen LogP contribution in [-0.2, 0) is 0 Å². The maximum absolute atomic E-state index is 2.43. The monoisotopic (exact) mass is 651 g/mol. The Kier molecular flexibility index (Phi) is 7.67. The third-order valence-electron chi connectivity index (χ3n) is 10.1. The lowest BCUT2D eigenvalue weighted by atomic mass is 9.81. The van der Waals surface area contributed by atoms with Crippen LogP contribution in [0.2, 0.25) is 0 Å². The minimum atomic E-state index is 1.13. The molecule has 1 nitrogen and oxygen atoms in total. The summed E-state index contributed by atoms with van der Waals surface area (Å²) in [5.74, 6) is 0. The van der Waals surface area contributed by atoms with Gasteiger partial charge in [-0.15, -0.1) is 0 Å². The Morgan fingerprint density at radius 2 is 0.824 bits per heavy atom. The van der Waals surface area contributed by atoms with Gasteiger partial charge in [0.15, 0.2) is 0 Å². The highest BCUT2D eigenvalue weighted by atomic mass is 15.1. The minimum absolute atomic E-state index is 1.13. The van der Waals surface area contributed by atoms with Crippen LogP contribution in [0.1, 0.15) is 11.1 Å². The van der Waals surface area contributed by atoms with E-state index in [4.69, 9.17) is 0 Å². The Balaban J connectivity index is 1.45. The van der Waals surface area contributed by atoms with Crippen LogP contribution < -0.4 is 4.90 Å². The first kappa shape index (κ1) is 30.6. The number of nitrogens with zero attached hydrogens (tertiary/aromatic N) is 1. The number of fused-ring (bicyclic) bond motifs is 6. The second kappa shape index (κ2) is 12.8. The van der Waals surface area contributed by atoms with Crippen LogP contribution in [-0.4, -0.2) is 0 Å². The third kappa shape index (κ3) is 5.44. The maximum atomic E-state index is 2.43. The lowest BCUT2D eigenvalue weighted by Gasteiger charge is -2.27. The van der Waals surface area contributed by atoms with E-state index in [-0.39, 0.29) is 0 Å². The van der Waals surface area contributed by atoms with Gasteiger partial charge in [-0.1, -0.05) is 146 Å². The first-order valence-electron chi connectivity index (χ1n) is 17.7. The summed E-state index contributed by atoms with van der Waals surface area (Å²) in [6.07, 6.45) is 0. The second-order valence-electron chi connectivity index (χ2n) is 13.5. The van der Waals surface area contributed by atoms with Gasteiger partial charge in [-0.25, -0.2) is 0 Å². The Morgan fingerprint density at radius 1 is 0.314 bits per heavy atom. The molecule has 0 fully saturated rings. The van der Waals surface area contributed by atoms with Gasteiger partial charge in [0.2, 0.25) is 0 Å². The van der Waals surface area contributed by atoms with Crippen molar-refractivity contribution in [2.24, 2.45) is 0 Å². The SMILES string of the molecule is Cc1cc(C)cc(N(c2ccccc2)c2ccc3c(c2)c2ccccc2c2c(-c4ccccc4)c(-c4ccccc4)cc(-c4ccccc4)c32)c1. The quantitative estimate of drug-likeness (QED) is 0.162. The van der Waals surface area contributed by atoms with Crippen molar-refractivity contribution in [2.75, 3.05) is 4.90 Å². The molecule has 0 saturated heterocycles. The molecule has 0 aliphatic carbocycles. The van der Waals surface area contributed by atoms with Crippen molar-refractivity contribution in [3.63, 3.8) is 0 Å². The standard InChI is InChI=1S/C50H37N/c1-34-29-35(2)31-41(30-34)51(39-23-13-6-14-24-39)40-27-28-44-47(32-40)42-25-15-16-26-43(42)50-48(38-21-11-5-12-22-38)45(36-17-7-3-8-18-36)33-46(49(44)50)37-19-9-4-10-20-37/h3-33H,1-2H3. The molecule has 0 amide bonds. The van der Waals surface area contributed by atoms with Crippen LogP contribution in [0.15, 0.2) is 188 Å². The number of rotatable bonds is 6. The molecule has 0 saturated carbocycles. The molecule has 0 bridgehead atoms. The predicted octanol–water partition coefficient (Wildman–Crippen LogP) is 14.2. The summed E-state index contributed by atoms with van der Waals surface area (Å²) < 4.78 is 0. The van der Waals surface area contributed by atoms with Crippen LogP contribution in [0, 0.1) is 13.8 Å². The van der Waals surface area contributed by atoms with Crippen molar-refractivity contribution < 1.29 is 0 Å². The molecule has 9 rings (SSSR count). The molecule has 0 unspecified atom stereocenters. The van der Waals surface area contributed by atoms with E-state index >= 15 is 0 Å². The van der Waals surface area contributed by atoms with Crippen molar-refractivity contribution in [3.05, 3.63) is 199 Å². The predicted molar refractivity (Wildman–Crippen MR) is 219 cm³/mol. The summed E-state index contributed by atoms with van der Waals surface area (Å²) in [7, 11) is 0. The number of hydrogen-bond acceptors (Lipinski definition) is 1. The summed E-state index contributed by atoms with van der Waals surface area (Å²) in [5.41, 5.74) is 13.3. The number of hydrogen-bond donors (Lipinski definition) is 0. The summed E-state index contributed by atoms with van der Waals surface area (Å²) in [4.78, 5) is 2.39. The first-order chi connectivity index (χ1) is 25.1. The van der Waals surface area contributed by atoms with Gasteiger partial charge in [0.1, 0.15) is 0 Å². The van der Waals surface area contributed by atoms with Crippen molar-refractivity contribution in [2.45, 2.75) is 13.8 Å². The normalized spacial score (nSPS) is 11.3. The molecule has 0 heterocycles. The summed E-state index contributed by atoms with van der Waals surface area (Å²) >= 11 is 0. The van der Waals surface area contributed by atoms with Crippen LogP contribution >= 0.6 is 0 Å². The number of benzene rings is 9. The molecule has 9 aromatic carbocycles. The van der Waals surface area contributed by atoms with Crippen LogP contribution in [0.4, 0.5) is 17.1 Å². The lowest BCUT2D eigenvalue weighted by Crippen LogP contribution is -2.10. The highest BCUT2D eigenvalue weighted by molar-refractivity contribution is 6.33. The molecular weight excluding hydrogens is 615 g/mol. The second-order valence-corrected chi connectivity index (χ2v) is 13.5. The van der Waals surface area contributed by atoms with Gasteiger partial charge in [-0.05, 0) is 133 Å². The fourth-order valence-electron chi connectivity index (χ4n) is 7.98. The van der Waals surface area contributed by atoms with E-state index in [0.717, 1.165) is 17.1 Å². The lowest BCUT2D eigenvalue weighted by molar-refractivity contribution is 1.26. The molecule has 0 aliphatic rings. The van der Waals surface area contributed by atoms with Gasteiger partial charge in [-0.3, -0.25) is 0 Å². The van der Waals surface area contributed by atoms with Gasteiger partial charge < -0.3 is 4.90 Å². The minimum Gasteiger partial charge on any atom is -0.310 e. The van der Waals surface area contributed by atoms with Crippen molar-refractivity contribution >= 4 is 49.4 Å². The Hall–Kier alpha value is -6.44. The number of aryl methyl sites for hydroxylation is 2. The smallest absolute Gasteiger partial charge is 0.0468 e. The Morgan fingerprint density at radius 3 is 1.45 bits per heavy atom. The Bertz CT molecular complexity index is 2660. The average molecular weight is 652 g/mol. The fraction of sp³-hybridized carbons (Fsp3) is 0.0400. The molecule has 1 heteroatoms. The van der Waals surface area contributed by atoms with E-state index in [1.165, 1.54) is 76.8 Å². The molecule has 0 atom stereocenters. The largest absolute Gasteiger partial charge is 0.310 e. The topological polar surface area (TPSA) is 3.24 Å². The van der Waals surface area contributed by atoms with Gasteiger partial charge in [-0.2, -0.15) is 0 Å². The zero-order valence-electron chi connectivity index (χ0n) is 28.8. The van der Waals surface area contributed by atoms with E-state index in [2.05, 4.69) is 207 Å². The highest BCUT2D eigenvalue weighted by Gasteiger charge is 2.22. The van der Waals surface area contributed by atoms with Crippen LogP contribution in [0.5, 0.6) is 0 Å². The molecule has 242 valence electrons. The first-order valence-corrected chi connectivity index (χ1v) is 17.7. The zero-order chi connectivity index (χ0) is 34.3. The third-order valence-corrected chi connectivity index (χ3v) is 10.1. The molecule has 0 N–H and O–H groups in total. The van der Waals surface area contributed by atoms with E-state index in [1.807, 2.05) is 0 Å². The van der Waals surface area contributed by atoms with E-state index < -0.39 is 0 Å². The van der Waals surface area contributed by atoms with E-state index in [9.17, 15) is 0 Å². The van der Waals surface area contributed by atoms with Gasteiger partial charge in [0, 0.05) is 17.1 Å². The number of para-hydroxylation sites is 1. The van der Waals surface area contributed by atoms with Crippen molar-refractivity contribution in [1.29, 1.82) is 0 Å².